The number of hydrogen-bond acceptors (Lipinski definition) is 9. The van der Waals surface area contributed by atoms with Crippen LogP contribution in [0, 0.1) is 5.82 Å². The van der Waals surface area contributed by atoms with E-state index in [1.165, 1.54) is 22.7 Å². The molecule has 0 radical (unpaired) electrons. The van der Waals surface area contributed by atoms with Crippen molar-refractivity contribution in [2.75, 3.05) is 18.1 Å². The molecular formula is C32H30FN3O5S2. The molecule has 1 unspecified atom stereocenters. The lowest BCUT2D eigenvalue weighted by Crippen LogP contribution is -2.29. The average molecular weight is 620 g/mol. The quantitative estimate of drug-likeness (QED) is 0.0445. The second-order valence-electron chi connectivity index (χ2n) is 9.63. The van der Waals surface area contributed by atoms with Crippen molar-refractivity contribution in [1.82, 2.24) is 10.2 Å². The van der Waals surface area contributed by atoms with Gasteiger partial charge >= 0.3 is 5.91 Å². The summed E-state index contributed by atoms with van der Waals surface area (Å²) in [6, 6.07) is 19.2. The molecule has 2 heterocycles. The molecule has 1 saturated heterocycles. The van der Waals surface area contributed by atoms with Crippen molar-refractivity contribution in [1.29, 1.82) is 0 Å². The van der Waals surface area contributed by atoms with Crippen molar-refractivity contribution in [2.45, 2.75) is 42.8 Å². The molecule has 0 bridgehead atoms. The maximum atomic E-state index is 14.1. The van der Waals surface area contributed by atoms with Crippen LogP contribution in [0.4, 0.5) is 9.52 Å². The van der Waals surface area contributed by atoms with E-state index in [9.17, 15) is 19.1 Å². The number of carbonyl (C=O) groups is 2. The Hall–Kier alpha value is -4.22. The predicted molar refractivity (Wildman–Crippen MR) is 165 cm³/mol. The van der Waals surface area contributed by atoms with E-state index in [1.54, 1.807) is 66.7 Å². The van der Waals surface area contributed by atoms with E-state index in [-0.39, 0.29) is 22.3 Å². The van der Waals surface area contributed by atoms with Gasteiger partial charge in [-0.2, -0.15) is 0 Å². The largest absolute Gasteiger partial charge is 0.507 e. The Labute approximate surface area is 257 Å². The van der Waals surface area contributed by atoms with Gasteiger partial charge in [0.2, 0.25) is 5.13 Å². The van der Waals surface area contributed by atoms with E-state index in [0.29, 0.717) is 51.5 Å². The lowest BCUT2D eigenvalue weighted by Gasteiger charge is -2.22. The van der Waals surface area contributed by atoms with Gasteiger partial charge in [-0.3, -0.25) is 14.5 Å². The first-order valence-electron chi connectivity index (χ1n) is 13.9. The number of unbranched alkanes of at least 4 members (excludes halogenated alkanes) is 1. The topological polar surface area (TPSA) is 102 Å². The minimum absolute atomic E-state index is 0.0652. The Morgan fingerprint density at radius 3 is 2.37 bits per heavy atom. The fourth-order valence-corrected chi connectivity index (χ4v) is 6.42. The van der Waals surface area contributed by atoms with Crippen LogP contribution in [-0.2, 0) is 15.3 Å². The first kappa shape index (κ1) is 30.2. The number of aliphatic hydroxyl groups is 1. The van der Waals surface area contributed by atoms with E-state index in [4.69, 9.17) is 9.47 Å². The highest BCUT2D eigenvalue weighted by Gasteiger charge is 2.48. The highest BCUT2D eigenvalue weighted by molar-refractivity contribution is 8.00. The van der Waals surface area contributed by atoms with Crippen LogP contribution in [0.5, 0.6) is 11.5 Å². The van der Waals surface area contributed by atoms with Crippen LogP contribution in [0.3, 0.4) is 0 Å². The van der Waals surface area contributed by atoms with Gasteiger partial charge in [-0.25, -0.2) is 4.39 Å². The number of amides is 1. The average Bonchev–Trinajstić information content (AvgIpc) is 3.59. The van der Waals surface area contributed by atoms with Gasteiger partial charge in [0.05, 0.1) is 24.8 Å². The van der Waals surface area contributed by atoms with Crippen LogP contribution >= 0.6 is 23.1 Å². The third kappa shape index (κ3) is 6.73. The second-order valence-corrected chi connectivity index (χ2v) is 11.8. The Balaban J connectivity index is 1.50. The van der Waals surface area contributed by atoms with Crippen LogP contribution in [0.1, 0.15) is 49.4 Å². The third-order valence-electron chi connectivity index (χ3n) is 6.76. The van der Waals surface area contributed by atoms with Gasteiger partial charge < -0.3 is 14.6 Å². The lowest BCUT2D eigenvalue weighted by atomic mass is 9.95. The molecule has 8 nitrogen and oxygen atoms in total. The number of carbonyl (C=O) groups excluding carboxylic acids is 2. The van der Waals surface area contributed by atoms with Gasteiger partial charge in [-0.15, -0.1) is 10.2 Å². The highest BCUT2D eigenvalue weighted by Crippen LogP contribution is 2.44. The molecule has 1 aliphatic rings. The lowest BCUT2D eigenvalue weighted by molar-refractivity contribution is -0.132. The molecule has 1 aliphatic heterocycles. The number of Topliss-reactive ketones (excluding diaryl/α,β-unsaturated/α-hetero) is 1. The van der Waals surface area contributed by atoms with Gasteiger partial charge in [0, 0.05) is 11.3 Å². The minimum atomic E-state index is -0.964. The summed E-state index contributed by atoms with van der Waals surface area (Å²) < 4.78 is 25.9. The number of aliphatic hydroxyl groups excluding tert-OH is 1. The second kappa shape index (κ2) is 13.8. The number of hydrogen-bond donors (Lipinski definition) is 1. The van der Waals surface area contributed by atoms with E-state index in [0.717, 1.165) is 24.2 Å². The molecule has 43 heavy (non-hydrogen) atoms. The van der Waals surface area contributed by atoms with Crippen LogP contribution in [0.2, 0.25) is 0 Å². The zero-order valence-electron chi connectivity index (χ0n) is 23.7. The van der Waals surface area contributed by atoms with Crippen molar-refractivity contribution >= 4 is 45.7 Å². The highest BCUT2D eigenvalue weighted by atomic mass is 32.2. The van der Waals surface area contributed by atoms with E-state index in [1.807, 2.05) is 6.92 Å². The monoisotopic (exact) mass is 619 g/mol. The van der Waals surface area contributed by atoms with Crippen LogP contribution in [0.15, 0.2) is 82.7 Å². The summed E-state index contributed by atoms with van der Waals surface area (Å²) in [7, 11) is 0. The summed E-state index contributed by atoms with van der Waals surface area (Å²) in [6.45, 7) is 5.01. The fraction of sp³-hybridized carbons (Fsp3) is 0.250. The number of anilines is 1. The third-order valence-corrected chi connectivity index (χ3v) is 8.86. The number of thioether (sulfide) groups is 1. The normalized spacial score (nSPS) is 16.1. The number of nitrogens with zero attached hydrogens (tertiary/aromatic N) is 3. The van der Waals surface area contributed by atoms with Crippen LogP contribution < -0.4 is 14.4 Å². The molecule has 0 aliphatic carbocycles. The summed E-state index contributed by atoms with van der Waals surface area (Å²) >= 11 is 2.40. The molecule has 4 aromatic rings. The van der Waals surface area contributed by atoms with Gasteiger partial charge in [-0.1, -0.05) is 66.8 Å². The van der Waals surface area contributed by atoms with Gasteiger partial charge in [0.15, 0.2) is 4.34 Å². The maximum Gasteiger partial charge on any atom is 0.301 e. The molecular weight excluding hydrogens is 590 g/mol. The zero-order valence-corrected chi connectivity index (χ0v) is 25.3. The zero-order chi connectivity index (χ0) is 30.3. The molecule has 3 aromatic carbocycles. The first-order chi connectivity index (χ1) is 20.9. The smallest absolute Gasteiger partial charge is 0.301 e. The maximum absolute atomic E-state index is 14.1. The number of benzene rings is 3. The Morgan fingerprint density at radius 1 is 0.977 bits per heavy atom. The van der Waals surface area contributed by atoms with E-state index < -0.39 is 17.7 Å². The van der Waals surface area contributed by atoms with Crippen LogP contribution in [-0.4, -0.2) is 40.2 Å². The van der Waals surface area contributed by atoms with Gasteiger partial charge in [0.25, 0.3) is 5.78 Å². The number of ether oxygens (including phenoxy) is 2. The molecule has 1 atom stereocenters. The number of aromatic nitrogens is 2. The van der Waals surface area contributed by atoms with Gasteiger partial charge in [0.1, 0.15) is 23.1 Å². The van der Waals surface area contributed by atoms with Crippen LogP contribution in [0.25, 0.3) is 5.76 Å². The van der Waals surface area contributed by atoms with Crippen molar-refractivity contribution in [3.05, 3.63) is 101 Å². The molecule has 1 fully saturated rings. The predicted octanol–water partition coefficient (Wildman–Crippen LogP) is 7.17. The van der Waals surface area contributed by atoms with Crippen molar-refractivity contribution in [2.24, 2.45) is 0 Å². The Kier molecular flexibility index (Phi) is 9.73. The summed E-state index contributed by atoms with van der Waals surface area (Å²) in [5.41, 5.74) is 1.40. The van der Waals surface area contributed by atoms with Crippen molar-refractivity contribution in [3.63, 3.8) is 0 Å². The molecule has 5 rings (SSSR count). The summed E-state index contributed by atoms with van der Waals surface area (Å²) in [4.78, 5) is 28.3. The van der Waals surface area contributed by atoms with Crippen molar-refractivity contribution in [3.8, 4) is 11.5 Å². The molecule has 222 valence electrons. The molecule has 0 saturated carbocycles. The molecule has 1 aromatic heterocycles. The van der Waals surface area contributed by atoms with Gasteiger partial charge in [-0.05, 0) is 66.9 Å². The van der Waals surface area contributed by atoms with E-state index >= 15 is 0 Å². The molecule has 0 spiro atoms. The standard InChI is InChI=1S/C32H30FN3O5S2/c1-3-5-18-41-24-16-12-21(13-17-24)28(37)26-27(20-10-14-23(15-11-20)40-4-2)36(30(39)29(26)38)31-34-35-32(43-31)42-19-22-8-6-7-9-25(22)33/h6-17,27,37H,3-5,18-19H2,1-2H3/b28-26-. The molecule has 1 amide bonds. The number of halogens is 1. The van der Waals surface area contributed by atoms with E-state index in [2.05, 4.69) is 17.1 Å². The SMILES string of the molecule is CCCCOc1ccc(/C(O)=C2/C(=O)C(=O)N(c3nnc(SCc4ccccc4F)s3)C2c2ccc(OCC)cc2)cc1. The summed E-state index contributed by atoms with van der Waals surface area (Å²) in [5, 5.41) is 20.0. The molecule has 1 N–H and O–H groups in total. The minimum Gasteiger partial charge on any atom is -0.507 e. The first-order valence-corrected chi connectivity index (χ1v) is 15.7. The molecule has 11 heteroatoms. The van der Waals surface area contributed by atoms with Crippen molar-refractivity contribution < 1.29 is 28.6 Å². The summed E-state index contributed by atoms with van der Waals surface area (Å²) in [6.07, 6.45) is 1.92. The Bertz CT molecular complexity index is 1620. The Morgan fingerprint density at radius 2 is 1.67 bits per heavy atom. The fourth-order valence-electron chi connectivity index (χ4n) is 4.57. The number of ketones is 1. The number of rotatable bonds is 12. The summed E-state index contributed by atoms with van der Waals surface area (Å²) in [5.74, 6) is -0.704.